The second kappa shape index (κ2) is 6.93. The van der Waals surface area contributed by atoms with E-state index in [4.69, 9.17) is 16.2 Å². The van der Waals surface area contributed by atoms with Crippen LogP contribution in [-0.2, 0) is 4.74 Å². The maximum absolute atomic E-state index is 5.75. The van der Waals surface area contributed by atoms with Crippen LogP contribution in [0.5, 0.6) is 0 Å². The Morgan fingerprint density at radius 2 is 2.12 bits per heavy atom. The van der Waals surface area contributed by atoms with Gasteiger partial charge in [-0.1, -0.05) is 0 Å². The van der Waals surface area contributed by atoms with Gasteiger partial charge in [0.2, 0.25) is 0 Å². The fourth-order valence-electron chi connectivity index (χ4n) is 1.24. The summed E-state index contributed by atoms with van der Waals surface area (Å²) in [6.07, 6.45) is 1.57. The van der Waals surface area contributed by atoms with Crippen molar-refractivity contribution in [1.82, 2.24) is 9.88 Å². The molecule has 17 heavy (non-hydrogen) atoms. The molecule has 0 radical (unpaired) electrons. The van der Waals surface area contributed by atoms with Gasteiger partial charge in [0, 0.05) is 13.1 Å². The van der Waals surface area contributed by atoms with Crippen LogP contribution in [0, 0.1) is 0 Å². The Balaban J connectivity index is 2.18. The third kappa shape index (κ3) is 5.37. The Kier molecular flexibility index (Phi) is 5.51. The molecule has 6 heteroatoms. The molecule has 0 aromatic carbocycles. The van der Waals surface area contributed by atoms with Crippen molar-refractivity contribution in [2.24, 2.45) is 0 Å². The molecule has 1 rings (SSSR count). The van der Waals surface area contributed by atoms with Gasteiger partial charge in [0.25, 0.3) is 0 Å². The highest BCUT2D eigenvalue weighted by atomic mass is 16.5. The number of aromatic nitrogens is 1. The third-order valence-electron chi connectivity index (χ3n) is 2.16. The number of nitrogen functional groups attached to an aromatic ring is 2. The maximum Gasteiger partial charge on any atom is 0.149 e. The van der Waals surface area contributed by atoms with E-state index in [9.17, 15) is 0 Å². The average Bonchev–Trinajstić information content (AvgIpc) is 2.25. The summed E-state index contributed by atoms with van der Waals surface area (Å²) in [6.45, 7) is 2.94. The van der Waals surface area contributed by atoms with Gasteiger partial charge in [-0.3, -0.25) is 0 Å². The molecule has 0 aliphatic heterocycles. The van der Waals surface area contributed by atoms with E-state index in [1.165, 1.54) is 0 Å². The van der Waals surface area contributed by atoms with Crippen LogP contribution >= 0.6 is 0 Å². The number of rotatable bonds is 7. The summed E-state index contributed by atoms with van der Waals surface area (Å²) in [5, 5.41) is 3.10. The van der Waals surface area contributed by atoms with E-state index in [0.29, 0.717) is 30.3 Å². The summed E-state index contributed by atoms with van der Waals surface area (Å²) in [6, 6.07) is 1.68. The fraction of sp³-hybridized carbons (Fsp3) is 0.545. The Hall–Kier alpha value is -1.53. The van der Waals surface area contributed by atoms with E-state index < -0.39 is 0 Å². The number of anilines is 3. The molecule has 6 nitrogen and oxygen atoms in total. The van der Waals surface area contributed by atoms with Crippen LogP contribution in [-0.4, -0.2) is 50.3 Å². The average molecular weight is 239 g/mol. The van der Waals surface area contributed by atoms with Crippen molar-refractivity contribution in [2.75, 3.05) is 57.2 Å². The summed E-state index contributed by atoms with van der Waals surface area (Å²) in [5.41, 5.74) is 12.4. The first-order chi connectivity index (χ1) is 8.09. The van der Waals surface area contributed by atoms with Gasteiger partial charge in [-0.25, -0.2) is 4.98 Å². The standard InChI is InChI=1S/C11H21N5O/c1-16(2)4-6-17-5-3-14-11-10(13)7-9(12)8-15-11/h7-8H,3-6,12-13H2,1-2H3,(H,14,15). The van der Waals surface area contributed by atoms with Gasteiger partial charge in [0.05, 0.1) is 30.8 Å². The third-order valence-corrected chi connectivity index (χ3v) is 2.16. The van der Waals surface area contributed by atoms with Crippen LogP contribution in [0.25, 0.3) is 0 Å². The maximum atomic E-state index is 5.75. The van der Waals surface area contributed by atoms with Gasteiger partial charge in [0.15, 0.2) is 0 Å². The summed E-state index contributed by atoms with van der Waals surface area (Å²) >= 11 is 0. The van der Waals surface area contributed by atoms with E-state index in [1.807, 2.05) is 14.1 Å². The second-order valence-electron chi connectivity index (χ2n) is 4.05. The summed E-state index contributed by atoms with van der Waals surface area (Å²) in [4.78, 5) is 6.18. The van der Waals surface area contributed by atoms with Crippen molar-refractivity contribution in [1.29, 1.82) is 0 Å². The molecule has 1 aromatic heterocycles. The van der Waals surface area contributed by atoms with Gasteiger partial charge in [-0.05, 0) is 20.2 Å². The van der Waals surface area contributed by atoms with E-state index in [1.54, 1.807) is 12.3 Å². The van der Waals surface area contributed by atoms with Gasteiger partial charge in [-0.15, -0.1) is 0 Å². The summed E-state index contributed by atoms with van der Waals surface area (Å²) < 4.78 is 5.43. The predicted octanol–water partition coefficient (Wildman–Crippen LogP) is 0.236. The number of likely N-dealkylation sites (N-methyl/N-ethyl adjacent to an activating group) is 1. The van der Waals surface area contributed by atoms with Crippen LogP contribution < -0.4 is 16.8 Å². The zero-order valence-electron chi connectivity index (χ0n) is 10.4. The van der Waals surface area contributed by atoms with Gasteiger partial charge < -0.3 is 26.4 Å². The normalized spacial score (nSPS) is 10.8. The molecule has 0 unspecified atom stereocenters. The van der Waals surface area contributed by atoms with Crippen LogP contribution in [0.3, 0.4) is 0 Å². The number of nitrogens with two attached hydrogens (primary N) is 2. The summed E-state index contributed by atoms with van der Waals surface area (Å²) in [7, 11) is 4.03. The molecule has 0 aliphatic rings. The van der Waals surface area contributed by atoms with Crippen LogP contribution in [0.1, 0.15) is 0 Å². The molecule has 1 aromatic rings. The first kappa shape index (κ1) is 13.5. The molecule has 0 bridgehead atoms. The molecular weight excluding hydrogens is 218 g/mol. The number of nitrogens with one attached hydrogen (secondary N) is 1. The van der Waals surface area contributed by atoms with Crippen molar-refractivity contribution in [3.63, 3.8) is 0 Å². The lowest BCUT2D eigenvalue weighted by Gasteiger charge is -2.11. The molecule has 0 amide bonds. The van der Waals surface area contributed by atoms with Gasteiger partial charge in [0.1, 0.15) is 5.82 Å². The molecule has 0 fully saturated rings. The highest BCUT2D eigenvalue weighted by molar-refractivity contribution is 5.65. The molecule has 0 atom stereocenters. The zero-order chi connectivity index (χ0) is 12.7. The molecular formula is C11H21N5O. The summed E-state index contributed by atoms with van der Waals surface area (Å²) in [5.74, 6) is 0.649. The highest BCUT2D eigenvalue weighted by Crippen LogP contribution is 2.16. The lowest BCUT2D eigenvalue weighted by Crippen LogP contribution is -2.20. The molecule has 96 valence electrons. The Bertz CT molecular complexity index is 343. The van der Waals surface area contributed by atoms with Crippen molar-refractivity contribution in [3.05, 3.63) is 12.3 Å². The van der Waals surface area contributed by atoms with Crippen molar-refractivity contribution < 1.29 is 4.74 Å². The number of ether oxygens (including phenoxy) is 1. The Morgan fingerprint density at radius 1 is 1.35 bits per heavy atom. The number of nitrogens with zero attached hydrogens (tertiary/aromatic N) is 2. The van der Waals surface area contributed by atoms with E-state index in [0.717, 1.165) is 13.2 Å². The van der Waals surface area contributed by atoms with Gasteiger partial charge >= 0.3 is 0 Å². The molecule has 0 saturated carbocycles. The minimum atomic E-state index is 0.554. The fourth-order valence-corrected chi connectivity index (χ4v) is 1.24. The smallest absolute Gasteiger partial charge is 0.149 e. The van der Waals surface area contributed by atoms with Gasteiger partial charge in [-0.2, -0.15) is 0 Å². The topological polar surface area (TPSA) is 89.4 Å². The lowest BCUT2D eigenvalue weighted by molar-refractivity contribution is 0.126. The van der Waals surface area contributed by atoms with E-state index in [-0.39, 0.29) is 0 Å². The monoisotopic (exact) mass is 239 g/mol. The minimum Gasteiger partial charge on any atom is -0.397 e. The van der Waals surface area contributed by atoms with Crippen LogP contribution in [0.4, 0.5) is 17.2 Å². The SMILES string of the molecule is CN(C)CCOCCNc1ncc(N)cc1N. The first-order valence-corrected chi connectivity index (χ1v) is 5.57. The molecule has 0 aliphatic carbocycles. The highest BCUT2D eigenvalue weighted by Gasteiger charge is 2.00. The van der Waals surface area contributed by atoms with Crippen LogP contribution in [0.2, 0.25) is 0 Å². The molecule has 0 saturated heterocycles. The number of pyridine rings is 1. The predicted molar refractivity (Wildman–Crippen MR) is 70.9 cm³/mol. The Morgan fingerprint density at radius 3 is 2.76 bits per heavy atom. The van der Waals surface area contributed by atoms with E-state index >= 15 is 0 Å². The molecule has 5 N–H and O–H groups in total. The Labute approximate surface area is 102 Å². The molecule has 1 heterocycles. The number of hydrogen-bond donors (Lipinski definition) is 3. The number of hydrogen-bond acceptors (Lipinski definition) is 6. The lowest BCUT2D eigenvalue weighted by atomic mass is 10.3. The zero-order valence-corrected chi connectivity index (χ0v) is 10.4. The van der Waals surface area contributed by atoms with Crippen molar-refractivity contribution in [3.8, 4) is 0 Å². The largest absolute Gasteiger partial charge is 0.397 e. The quantitative estimate of drug-likeness (QED) is 0.590. The second-order valence-corrected chi connectivity index (χ2v) is 4.05. The van der Waals surface area contributed by atoms with Crippen molar-refractivity contribution >= 4 is 17.2 Å². The minimum absolute atomic E-state index is 0.554. The molecule has 0 spiro atoms. The van der Waals surface area contributed by atoms with E-state index in [2.05, 4.69) is 15.2 Å². The first-order valence-electron chi connectivity index (χ1n) is 5.57. The van der Waals surface area contributed by atoms with Crippen molar-refractivity contribution in [2.45, 2.75) is 0 Å². The van der Waals surface area contributed by atoms with Crippen LogP contribution in [0.15, 0.2) is 12.3 Å².